The van der Waals surface area contributed by atoms with Gasteiger partial charge in [0.1, 0.15) is 0 Å². The maximum atomic E-state index is 12.1. The lowest BCUT2D eigenvalue weighted by atomic mass is 10.2. The number of carbonyl (C=O) groups excluding carboxylic acids is 3. The summed E-state index contributed by atoms with van der Waals surface area (Å²) in [6.07, 6.45) is -0.453. The molecule has 1 fully saturated rings. The van der Waals surface area contributed by atoms with Crippen LogP contribution in [0.25, 0.3) is 0 Å². The zero-order valence-corrected chi connectivity index (χ0v) is 16.7. The minimum absolute atomic E-state index is 0.00319. The topological polar surface area (TPSA) is 119 Å². The molecule has 10 heteroatoms. The zero-order chi connectivity index (χ0) is 20.0. The van der Waals surface area contributed by atoms with E-state index in [0.717, 1.165) is 0 Å². The van der Waals surface area contributed by atoms with Crippen LogP contribution in [0.4, 0.5) is 11.4 Å². The molecule has 0 spiro atoms. The summed E-state index contributed by atoms with van der Waals surface area (Å²) in [5.74, 6) is -1.00. The fraction of sp³-hybridized carbons (Fsp3) is 0.471. The highest BCUT2D eigenvalue weighted by atomic mass is 32.2. The van der Waals surface area contributed by atoms with Crippen LogP contribution >= 0.6 is 11.8 Å². The standard InChI is InChI=1S/C17H22N2O6S2/c1-11(25-16(21)9-26-15-7-8-27(23,24)10-15)17(22)19-14-5-3-13(4-6-14)18-12(2)20/h3-6,11,15H,7-10H2,1-2H3,(H,18,20)(H,19,22)/t11-,15+/m0/s1. The van der Waals surface area contributed by atoms with Crippen molar-refractivity contribution in [3.63, 3.8) is 0 Å². The number of esters is 1. The van der Waals surface area contributed by atoms with Gasteiger partial charge in [-0.25, -0.2) is 8.42 Å². The molecule has 0 aromatic heterocycles. The van der Waals surface area contributed by atoms with Gasteiger partial charge in [-0.1, -0.05) is 0 Å². The van der Waals surface area contributed by atoms with Crippen LogP contribution in [-0.2, 0) is 29.0 Å². The van der Waals surface area contributed by atoms with E-state index in [2.05, 4.69) is 10.6 Å². The molecule has 2 N–H and O–H groups in total. The van der Waals surface area contributed by atoms with E-state index < -0.39 is 27.8 Å². The Morgan fingerprint density at radius 1 is 1.19 bits per heavy atom. The Morgan fingerprint density at radius 3 is 2.30 bits per heavy atom. The number of nitrogens with one attached hydrogen (secondary N) is 2. The van der Waals surface area contributed by atoms with Crippen molar-refractivity contribution in [3.8, 4) is 0 Å². The number of thioether (sulfide) groups is 1. The van der Waals surface area contributed by atoms with Gasteiger partial charge in [0.15, 0.2) is 15.9 Å². The predicted molar refractivity (Wildman–Crippen MR) is 104 cm³/mol. The van der Waals surface area contributed by atoms with Gasteiger partial charge in [-0.05, 0) is 37.6 Å². The van der Waals surface area contributed by atoms with Gasteiger partial charge in [-0.3, -0.25) is 14.4 Å². The molecule has 148 valence electrons. The van der Waals surface area contributed by atoms with E-state index in [1.165, 1.54) is 25.6 Å². The minimum Gasteiger partial charge on any atom is -0.452 e. The van der Waals surface area contributed by atoms with Gasteiger partial charge in [0, 0.05) is 23.5 Å². The molecule has 2 amide bonds. The molecule has 1 saturated heterocycles. The number of sulfone groups is 1. The third kappa shape index (κ3) is 7.22. The largest absolute Gasteiger partial charge is 0.452 e. The summed E-state index contributed by atoms with van der Waals surface area (Å²) in [5.41, 5.74) is 1.11. The first-order valence-electron chi connectivity index (χ1n) is 8.34. The molecular formula is C17H22N2O6S2. The molecule has 1 aliphatic rings. The van der Waals surface area contributed by atoms with Crippen molar-refractivity contribution in [2.24, 2.45) is 0 Å². The maximum Gasteiger partial charge on any atom is 0.316 e. The van der Waals surface area contributed by atoms with E-state index in [1.54, 1.807) is 24.3 Å². The van der Waals surface area contributed by atoms with Crippen LogP contribution in [0.15, 0.2) is 24.3 Å². The van der Waals surface area contributed by atoms with Crippen LogP contribution in [0.2, 0.25) is 0 Å². The van der Waals surface area contributed by atoms with E-state index in [0.29, 0.717) is 17.8 Å². The van der Waals surface area contributed by atoms with Gasteiger partial charge in [-0.2, -0.15) is 0 Å². The predicted octanol–water partition coefficient (Wildman–Crippen LogP) is 1.44. The lowest BCUT2D eigenvalue weighted by Gasteiger charge is -2.14. The van der Waals surface area contributed by atoms with Gasteiger partial charge < -0.3 is 15.4 Å². The second kappa shape index (κ2) is 9.23. The fourth-order valence-electron chi connectivity index (χ4n) is 2.45. The Labute approximate surface area is 162 Å². The number of ether oxygens (including phenoxy) is 1. The Bertz CT molecular complexity index is 807. The Hall–Kier alpha value is -2.07. The molecule has 0 aliphatic carbocycles. The van der Waals surface area contributed by atoms with Crippen molar-refractivity contribution in [1.29, 1.82) is 0 Å². The number of anilines is 2. The van der Waals surface area contributed by atoms with Crippen LogP contribution in [-0.4, -0.2) is 54.8 Å². The highest BCUT2D eigenvalue weighted by molar-refractivity contribution is 8.02. The molecule has 0 bridgehead atoms. The molecule has 1 aromatic carbocycles. The monoisotopic (exact) mass is 414 g/mol. The molecule has 27 heavy (non-hydrogen) atoms. The van der Waals surface area contributed by atoms with Gasteiger partial charge in [0.25, 0.3) is 5.91 Å². The zero-order valence-electron chi connectivity index (χ0n) is 15.1. The third-order valence-electron chi connectivity index (χ3n) is 3.78. The number of carbonyl (C=O) groups is 3. The van der Waals surface area contributed by atoms with Gasteiger partial charge in [0.05, 0.1) is 17.3 Å². The quantitative estimate of drug-likeness (QED) is 0.648. The summed E-state index contributed by atoms with van der Waals surface area (Å²) >= 11 is 1.24. The Morgan fingerprint density at radius 2 is 1.78 bits per heavy atom. The van der Waals surface area contributed by atoms with Crippen molar-refractivity contribution < 1.29 is 27.5 Å². The molecule has 0 unspecified atom stereocenters. The molecule has 1 aliphatic heterocycles. The normalized spacial score (nSPS) is 19.1. The van der Waals surface area contributed by atoms with E-state index in [4.69, 9.17) is 4.74 Å². The third-order valence-corrected chi connectivity index (χ3v) is 7.03. The smallest absolute Gasteiger partial charge is 0.316 e. The van der Waals surface area contributed by atoms with Crippen LogP contribution in [0.1, 0.15) is 20.3 Å². The number of benzene rings is 1. The number of amides is 2. The molecule has 0 saturated carbocycles. The number of hydrogen-bond acceptors (Lipinski definition) is 7. The molecule has 2 rings (SSSR count). The number of hydrogen-bond donors (Lipinski definition) is 2. The molecule has 1 aromatic rings. The van der Waals surface area contributed by atoms with E-state index in [1.807, 2.05) is 0 Å². The van der Waals surface area contributed by atoms with Crippen LogP contribution < -0.4 is 10.6 Å². The average Bonchev–Trinajstić information content (AvgIpc) is 2.93. The van der Waals surface area contributed by atoms with Gasteiger partial charge in [0.2, 0.25) is 5.91 Å². The highest BCUT2D eigenvalue weighted by Gasteiger charge is 2.29. The average molecular weight is 415 g/mol. The van der Waals surface area contributed by atoms with Gasteiger partial charge in [-0.15, -0.1) is 11.8 Å². The first-order chi connectivity index (χ1) is 12.6. The lowest BCUT2D eigenvalue weighted by molar-refractivity contribution is -0.150. The van der Waals surface area contributed by atoms with Crippen molar-refractivity contribution in [2.45, 2.75) is 31.6 Å². The molecular weight excluding hydrogens is 392 g/mol. The molecule has 2 atom stereocenters. The SMILES string of the molecule is CC(=O)Nc1ccc(NC(=O)[C@H](C)OC(=O)CS[C@@H]2CCS(=O)(=O)C2)cc1. The lowest BCUT2D eigenvalue weighted by Crippen LogP contribution is -2.30. The van der Waals surface area contributed by atoms with Crippen molar-refractivity contribution in [2.75, 3.05) is 27.9 Å². The summed E-state index contributed by atoms with van der Waals surface area (Å²) in [5, 5.41) is 5.13. The van der Waals surface area contributed by atoms with Crippen LogP contribution in [0.5, 0.6) is 0 Å². The maximum absolute atomic E-state index is 12.1. The van der Waals surface area contributed by atoms with Gasteiger partial charge >= 0.3 is 5.97 Å². The van der Waals surface area contributed by atoms with E-state index in [9.17, 15) is 22.8 Å². The van der Waals surface area contributed by atoms with Crippen molar-refractivity contribution in [1.82, 2.24) is 0 Å². The van der Waals surface area contributed by atoms with E-state index >= 15 is 0 Å². The molecule has 1 heterocycles. The minimum atomic E-state index is -2.98. The van der Waals surface area contributed by atoms with Crippen molar-refractivity contribution >= 4 is 50.8 Å². The molecule has 0 radical (unpaired) electrons. The number of rotatable bonds is 7. The van der Waals surface area contributed by atoms with Crippen molar-refractivity contribution in [3.05, 3.63) is 24.3 Å². The highest BCUT2D eigenvalue weighted by Crippen LogP contribution is 2.24. The Kier molecular flexibility index (Phi) is 7.25. The first kappa shape index (κ1) is 21.2. The fourth-order valence-corrected chi connectivity index (χ4v) is 5.87. The first-order valence-corrected chi connectivity index (χ1v) is 11.2. The summed E-state index contributed by atoms with van der Waals surface area (Å²) in [6.45, 7) is 2.86. The summed E-state index contributed by atoms with van der Waals surface area (Å²) < 4.78 is 27.9. The summed E-state index contributed by atoms with van der Waals surface area (Å²) in [4.78, 5) is 35.0. The summed E-state index contributed by atoms with van der Waals surface area (Å²) in [6, 6.07) is 6.52. The second-order valence-electron chi connectivity index (χ2n) is 6.22. The van der Waals surface area contributed by atoms with Crippen LogP contribution in [0.3, 0.4) is 0 Å². The van der Waals surface area contributed by atoms with Crippen LogP contribution in [0, 0.1) is 0 Å². The summed E-state index contributed by atoms with van der Waals surface area (Å²) in [7, 11) is -2.98. The molecule has 8 nitrogen and oxygen atoms in total. The second-order valence-corrected chi connectivity index (χ2v) is 9.73. The Balaban J connectivity index is 1.76. The van der Waals surface area contributed by atoms with E-state index in [-0.39, 0.29) is 28.4 Å².